The van der Waals surface area contributed by atoms with Gasteiger partial charge >= 0.3 is 6.18 Å². The number of alkyl halides is 3. The second kappa shape index (κ2) is 5.41. The van der Waals surface area contributed by atoms with Crippen molar-refractivity contribution in [1.82, 2.24) is 15.6 Å². The monoisotopic (exact) mass is 306 g/mol. The number of hydrogen-bond acceptors (Lipinski definition) is 4. The molecule has 10 heteroatoms. The van der Waals surface area contributed by atoms with Crippen LogP contribution in [0, 0.1) is 5.13 Å². The topological polar surface area (TPSA) is 70.1 Å². The quantitative estimate of drug-likeness (QED) is 0.519. The lowest BCUT2D eigenvalue weighted by molar-refractivity contribution is -0.141. The van der Waals surface area contributed by atoms with Crippen molar-refractivity contribution in [2.24, 2.45) is 5.10 Å². The molecule has 0 aliphatic heterocycles. The van der Waals surface area contributed by atoms with E-state index in [0.717, 1.165) is 11.3 Å². The highest BCUT2D eigenvalue weighted by atomic mass is 32.1. The molecule has 0 aromatic carbocycles. The van der Waals surface area contributed by atoms with Crippen LogP contribution in [0.5, 0.6) is 0 Å². The van der Waals surface area contributed by atoms with Crippen LogP contribution >= 0.6 is 11.3 Å². The van der Waals surface area contributed by atoms with E-state index in [1.165, 1.54) is 18.3 Å². The summed E-state index contributed by atoms with van der Waals surface area (Å²) in [5.41, 5.74) is 0.402. The fourth-order valence-electron chi connectivity index (χ4n) is 1.19. The molecule has 20 heavy (non-hydrogen) atoms. The number of carbonyl (C=O) groups excluding carboxylic acids is 1. The van der Waals surface area contributed by atoms with Gasteiger partial charge in [0, 0.05) is 6.07 Å². The summed E-state index contributed by atoms with van der Waals surface area (Å²) in [6.07, 6.45) is -3.44. The molecule has 2 aromatic rings. The van der Waals surface area contributed by atoms with Gasteiger partial charge in [0.15, 0.2) is 10.8 Å². The molecule has 0 saturated heterocycles. The van der Waals surface area contributed by atoms with Gasteiger partial charge in [-0.05, 0) is 12.1 Å². The minimum atomic E-state index is -4.61. The molecule has 106 valence electrons. The Hall–Kier alpha value is -2.23. The van der Waals surface area contributed by atoms with E-state index in [2.05, 4.69) is 10.2 Å². The average molecular weight is 306 g/mol. The lowest BCUT2D eigenvalue weighted by Gasteiger charge is -1.99. The Kier molecular flexibility index (Phi) is 3.84. The van der Waals surface area contributed by atoms with E-state index in [-0.39, 0.29) is 0 Å². The van der Waals surface area contributed by atoms with Crippen LogP contribution < -0.4 is 5.43 Å². The number of nitrogens with one attached hydrogen (secondary N) is 2. The van der Waals surface area contributed by atoms with Crippen LogP contribution in [-0.2, 0) is 6.18 Å². The van der Waals surface area contributed by atoms with Gasteiger partial charge in [-0.25, -0.2) is 5.43 Å². The molecule has 0 aliphatic carbocycles. The normalized spacial score (nSPS) is 12.0. The first kappa shape index (κ1) is 14.2. The van der Waals surface area contributed by atoms with Crippen molar-refractivity contribution in [3.05, 3.63) is 39.6 Å². The summed E-state index contributed by atoms with van der Waals surface area (Å²) >= 11 is 0.805. The van der Waals surface area contributed by atoms with Crippen LogP contribution in [0.2, 0.25) is 0 Å². The number of amides is 1. The van der Waals surface area contributed by atoms with E-state index >= 15 is 0 Å². The number of hydrazone groups is 1. The smallest absolute Gasteiger partial charge is 0.273 e. The average Bonchev–Trinajstić information content (AvgIpc) is 2.97. The zero-order valence-corrected chi connectivity index (χ0v) is 10.3. The first-order valence-corrected chi connectivity index (χ1v) is 5.89. The largest absolute Gasteiger partial charge is 0.432 e. The maximum atomic E-state index is 12.6. The molecule has 0 aliphatic rings. The summed E-state index contributed by atoms with van der Waals surface area (Å²) in [5.74, 6) is -0.912. The van der Waals surface area contributed by atoms with Crippen molar-refractivity contribution in [3.8, 4) is 0 Å². The number of nitrogens with zero attached hydrogens (tertiary/aromatic N) is 2. The van der Waals surface area contributed by atoms with Gasteiger partial charge in [-0.1, -0.05) is 0 Å². The van der Waals surface area contributed by atoms with Crippen molar-refractivity contribution in [2.75, 3.05) is 0 Å². The van der Waals surface area contributed by atoms with Crippen molar-refractivity contribution in [1.29, 1.82) is 0 Å². The summed E-state index contributed by atoms with van der Waals surface area (Å²) in [6, 6.07) is 3.22. The van der Waals surface area contributed by atoms with Gasteiger partial charge < -0.3 is 0 Å². The standard InChI is InChI=1S/C10H6F4N4OS/c11-8-2-1-5(20-8)4-15-18-9(19)6-3-7(17-16-6)10(12,13)14/h1-4H,(H,16,17)(H,18,19)/b15-4-. The van der Waals surface area contributed by atoms with E-state index < -0.39 is 28.6 Å². The number of halogens is 4. The Balaban J connectivity index is 1.98. The molecule has 2 N–H and O–H groups in total. The van der Waals surface area contributed by atoms with Crippen LogP contribution in [0.25, 0.3) is 0 Å². The van der Waals surface area contributed by atoms with Crippen LogP contribution in [-0.4, -0.2) is 22.3 Å². The van der Waals surface area contributed by atoms with E-state index in [1.54, 1.807) is 5.10 Å². The zero-order valence-electron chi connectivity index (χ0n) is 9.53. The summed E-state index contributed by atoms with van der Waals surface area (Å²) in [6.45, 7) is 0. The Bertz CT molecular complexity index is 646. The third kappa shape index (κ3) is 3.41. The van der Waals surface area contributed by atoms with Gasteiger partial charge in [0.25, 0.3) is 5.91 Å². The number of rotatable bonds is 3. The Morgan fingerprint density at radius 1 is 1.45 bits per heavy atom. The van der Waals surface area contributed by atoms with Gasteiger partial charge in [-0.3, -0.25) is 9.89 Å². The predicted octanol–water partition coefficient (Wildman–Crippen LogP) is 2.39. The fraction of sp³-hybridized carbons (Fsp3) is 0.100. The maximum absolute atomic E-state index is 12.6. The lowest BCUT2D eigenvalue weighted by Crippen LogP contribution is -2.17. The number of hydrogen-bond donors (Lipinski definition) is 2. The molecule has 0 atom stereocenters. The second-order valence-corrected chi connectivity index (χ2v) is 4.57. The fourth-order valence-corrected chi connectivity index (χ4v) is 1.80. The van der Waals surface area contributed by atoms with E-state index in [4.69, 9.17) is 0 Å². The van der Waals surface area contributed by atoms with Crippen LogP contribution in [0.1, 0.15) is 21.1 Å². The van der Waals surface area contributed by atoms with Gasteiger partial charge in [0.2, 0.25) is 0 Å². The van der Waals surface area contributed by atoms with Crippen molar-refractivity contribution in [3.63, 3.8) is 0 Å². The van der Waals surface area contributed by atoms with E-state index in [9.17, 15) is 22.4 Å². The molecule has 1 amide bonds. The number of aromatic nitrogens is 2. The molecule has 0 saturated carbocycles. The molecule has 2 rings (SSSR count). The van der Waals surface area contributed by atoms with Gasteiger partial charge in [-0.15, -0.1) is 11.3 Å². The van der Waals surface area contributed by atoms with Gasteiger partial charge in [-0.2, -0.15) is 27.8 Å². The number of aromatic amines is 1. The SMILES string of the molecule is O=C(N/N=C\c1ccc(F)s1)c1cc(C(F)(F)F)[nH]n1. The van der Waals surface area contributed by atoms with Crippen LogP contribution in [0.4, 0.5) is 17.6 Å². The molecule has 0 bridgehead atoms. The Morgan fingerprint density at radius 3 is 2.75 bits per heavy atom. The highest BCUT2D eigenvalue weighted by Gasteiger charge is 2.33. The Labute approximate surface area is 113 Å². The molecule has 2 aromatic heterocycles. The minimum absolute atomic E-state index is 0.417. The molecule has 0 spiro atoms. The first-order valence-electron chi connectivity index (χ1n) is 5.07. The van der Waals surface area contributed by atoms with Crippen molar-refractivity contribution < 1.29 is 22.4 Å². The third-order valence-corrected chi connectivity index (χ3v) is 2.88. The minimum Gasteiger partial charge on any atom is -0.273 e. The summed E-state index contributed by atoms with van der Waals surface area (Å²) < 4.78 is 49.5. The van der Waals surface area contributed by atoms with Crippen molar-refractivity contribution in [2.45, 2.75) is 6.18 Å². The second-order valence-electron chi connectivity index (χ2n) is 3.51. The summed E-state index contributed by atoms with van der Waals surface area (Å²) in [5, 5.41) is 8.00. The van der Waals surface area contributed by atoms with Gasteiger partial charge in [0.1, 0.15) is 5.69 Å². The van der Waals surface area contributed by atoms with Gasteiger partial charge in [0.05, 0.1) is 11.1 Å². The van der Waals surface area contributed by atoms with Crippen molar-refractivity contribution >= 4 is 23.5 Å². The Morgan fingerprint density at radius 2 is 2.20 bits per heavy atom. The molecular formula is C10H6F4N4OS. The highest BCUT2D eigenvalue weighted by molar-refractivity contribution is 7.12. The molecule has 0 unspecified atom stereocenters. The predicted molar refractivity (Wildman–Crippen MR) is 62.9 cm³/mol. The molecular weight excluding hydrogens is 300 g/mol. The van der Waals surface area contributed by atoms with Crippen LogP contribution in [0.3, 0.4) is 0 Å². The maximum Gasteiger partial charge on any atom is 0.432 e. The third-order valence-electron chi connectivity index (χ3n) is 2.07. The van der Waals surface area contributed by atoms with E-state index in [1.807, 2.05) is 5.43 Å². The lowest BCUT2D eigenvalue weighted by atomic mass is 10.3. The molecule has 0 radical (unpaired) electrons. The zero-order chi connectivity index (χ0) is 14.8. The van der Waals surface area contributed by atoms with E-state index in [0.29, 0.717) is 10.9 Å². The van der Waals surface area contributed by atoms with Crippen LogP contribution in [0.15, 0.2) is 23.3 Å². The number of carbonyl (C=O) groups is 1. The molecule has 2 heterocycles. The highest BCUT2D eigenvalue weighted by Crippen LogP contribution is 2.27. The first-order chi connectivity index (χ1) is 9.36. The number of H-pyrrole nitrogens is 1. The summed E-state index contributed by atoms with van der Waals surface area (Å²) in [4.78, 5) is 11.9. The number of thiophene rings is 1. The molecule has 0 fully saturated rings. The molecule has 5 nitrogen and oxygen atoms in total. The summed E-state index contributed by atoms with van der Waals surface area (Å²) in [7, 11) is 0.